The molecule has 41 heavy (non-hydrogen) atoms. The van der Waals surface area contributed by atoms with E-state index in [1.165, 1.54) is 17.7 Å². The number of rotatable bonds is 5. The fourth-order valence-electron chi connectivity index (χ4n) is 6.36. The number of aromatic amines is 1. The van der Waals surface area contributed by atoms with Gasteiger partial charge < -0.3 is 19.5 Å². The lowest BCUT2D eigenvalue weighted by molar-refractivity contribution is 0.127. The number of carboxylic acid groups (broad SMARTS) is 1. The minimum absolute atomic E-state index is 0.104. The van der Waals surface area contributed by atoms with Gasteiger partial charge in [0, 0.05) is 49.7 Å². The number of fused-ring (bicyclic) bond motifs is 1. The molecule has 1 saturated heterocycles. The van der Waals surface area contributed by atoms with Crippen LogP contribution in [0.4, 0.5) is 10.7 Å². The molecule has 2 N–H and O–H groups in total. The maximum absolute atomic E-state index is 11.8. The first-order chi connectivity index (χ1) is 19.7. The SMILES string of the molecule is CC1CN(C(=O)O)CC(C)N1c1nc2cc(-c3noc(=O)[nH]3)nc(-c3cncc(Cl)c3)c2n1C[C@H]1CC[C@H](C)CC1. The third-order valence-corrected chi connectivity index (χ3v) is 8.57. The maximum atomic E-state index is 11.8. The molecule has 12 nitrogen and oxygen atoms in total. The van der Waals surface area contributed by atoms with Crippen molar-refractivity contribution in [3.8, 4) is 22.8 Å². The van der Waals surface area contributed by atoms with E-state index in [4.69, 9.17) is 26.1 Å². The van der Waals surface area contributed by atoms with E-state index in [0.29, 0.717) is 46.5 Å². The normalized spacial score (nSPS) is 23.3. The standard InChI is InChI=1S/C28H33ClN8O4/c1-15-4-6-18(7-5-15)14-36-24-21(32-26(36)37-16(2)12-35(28(39)40)13-17(37)3)9-22(25-33-27(38)41-34-25)31-23(24)19-8-20(29)11-30-10-19/h8-11,15-18H,4-7,12-14H2,1-3H3,(H,39,40)(H,33,34,38)/t15-,16?,17?,18-. The summed E-state index contributed by atoms with van der Waals surface area (Å²) in [5.41, 5.74) is 3.23. The van der Waals surface area contributed by atoms with Crippen molar-refractivity contribution in [3.05, 3.63) is 40.1 Å². The van der Waals surface area contributed by atoms with Gasteiger partial charge in [0.15, 0.2) is 0 Å². The number of aromatic nitrogens is 6. The zero-order valence-electron chi connectivity index (χ0n) is 23.2. The van der Waals surface area contributed by atoms with Gasteiger partial charge in [-0.15, -0.1) is 0 Å². The number of halogens is 1. The Labute approximate surface area is 241 Å². The largest absolute Gasteiger partial charge is 0.465 e. The number of hydrogen-bond donors (Lipinski definition) is 2. The molecule has 13 heteroatoms. The lowest BCUT2D eigenvalue weighted by Crippen LogP contribution is -2.58. The van der Waals surface area contributed by atoms with Gasteiger partial charge in [-0.2, -0.15) is 0 Å². The topological polar surface area (TPSA) is 146 Å². The van der Waals surface area contributed by atoms with E-state index >= 15 is 0 Å². The van der Waals surface area contributed by atoms with Crippen LogP contribution in [0.5, 0.6) is 0 Å². The van der Waals surface area contributed by atoms with Crippen LogP contribution in [0.2, 0.25) is 5.02 Å². The highest BCUT2D eigenvalue weighted by atomic mass is 35.5. The summed E-state index contributed by atoms with van der Waals surface area (Å²) in [7, 11) is 0. The number of carbonyl (C=O) groups is 1. The summed E-state index contributed by atoms with van der Waals surface area (Å²) in [5.74, 6) is 1.47. The Hall–Kier alpha value is -3.93. The summed E-state index contributed by atoms with van der Waals surface area (Å²) in [5, 5.41) is 14.0. The van der Waals surface area contributed by atoms with Crippen molar-refractivity contribution in [3.63, 3.8) is 0 Å². The Morgan fingerprint density at radius 3 is 2.46 bits per heavy atom. The number of H-pyrrole nitrogens is 1. The second-order valence-electron chi connectivity index (χ2n) is 11.5. The average molecular weight is 581 g/mol. The average Bonchev–Trinajstić information content (AvgIpc) is 3.52. The van der Waals surface area contributed by atoms with E-state index in [0.717, 1.165) is 36.8 Å². The highest BCUT2D eigenvalue weighted by Gasteiger charge is 2.36. The molecule has 2 aliphatic rings. The van der Waals surface area contributed by atoms with Crippen LogP contribution in [0.15, 0.2) is 33.8 Å². The Balaban J connectivity index is 1.57. The molecule has 0 spiro atoms. The smallest absolute Gasteiger partial charge is 0.439 e. The van der Waals surface area contributed by atoms with Crippen molar-refractivity contribution in [1.29, 1.82) is 0 Å². The zero-order chi connectivity index (χ0) is 28.8. The molecule has 0 radical (unpaired) electrons. The fraction of sp³-hybridized carbons (Fsp3) is 0.500. The zero-order valence-corrected chi connectivity index (χ0v) is 24.0. The minimum Gasteiger partial charge on any atom is -0.465 e. The lowest BCUT2D eigenvalue weighted by atomic mass is 9.83. The van der Waals surface area contributed by atoms with E-state index in [1.54, 1.807) is 18.5 Å². The fourth-order valence-corrected chi connectivity index (χ4v) is 6.54. The summed E-state index contributed by atoms with van der Waals surface area (Å²) in [6.07, 6.45) is 6.97. The van der Waals surface area contributed by atoms with E-state index in [9.17, 15) is 14.7 Å². The molecule has 4 aromatic heterocycles. The van der Waals surface area contributed by atoms with Gasteiger partial charge in [0.25, 0.3) is 0 Å². The number of anilines is 1. The third kappa shape index (κ3) is 5.28. The summed E-state index contributed by atoms with van der Waals surface area (Å²) in [6, 6.07) is 3.40. The van der Waals surface area contributed by atoms with Gasteiger partial charge in [0.05, 0.1) is 21.7 Å². The summed E-state index contributed by atoms with van der Waals surface area (Å²) in [4.78, 5) is 44.3. The Kier molecular flexibility index (Phi) is 7.18. The number of imidazole rings is 1. The molecule has 2 fully saturated rings. The van der Waals surface area contributed by atoms with Crippen LogP contribution in [0.3, 0.4) is 0 Å². The van der Waals surface area contributed by atoms with Crippen LogP contribution in [-0.4, -0.2) is 70.9 Å². The van der Waals surface area contributed by atoms with Crippen LogP contribution >= 0.6 is 11.6 Å². The van der Waals surface area contributed by atoms with Gasteiger partial charge in [-0.3, -0.25) is 14.5 Å². The van der Waals surface area contributed by atoms with Crippen molar-refractivity contribution < 1.29 is 14.4 Å². The van der Waals surface area contributed by atoms with Gasteiger partial charge >= 0.3 is 11.8 Å². The molecule has 1 aliphatic carbocycles. The van der Waals surface area contributed by atoms with Crippen molar-refractivity contribution in [2.75, 3.05) is 18.0 Å². The predicted octanol–water partition coefficient (Wildman–Crippen LogP) is 4.89. The van der Waals surface area contributed by atoms with Gasteiger partial charge in [0.2, 0.25) is 11.8 Å². The Morgan fingerprint density at radius 1 is 1.10 bits per heavy atom. The number of nitrogens with one attached hydrogen (secondary N) is 1. The van der Waals surface area contributed by atoms with Gasteiger partial charge in [-0.1, -0.05) is 36.5 Å². The Morgan fingerprint density at radius 2 is 1.83 bits per heavy atom. The van der Waals surface area contributed by atoms with E-state index < -0.39 is 11.8 Å². The predicted molar refractivity (Wildman–Crippen MR) is 154 cm³/mol. The molecule has 2 unspecified atom stereocenters. The molecule has 4 aromatic rings. The second-order valence-corrected chi connectivity index (χ2v) is 11.9. The quantitative estimate of drug-likeness (QED) is 0.336. The van der Waals surface area contributed by atoms with Crippen LogP contribution in [0.25, 0.3) is 33.8 Å². The van der Waals surface area contributed by atoms with Crippen molar-refractivity contribution >= 4 is 34.7 Å². The van der Waals surface area contributed by atoms with Crippen molar-refractivity contribution in [2.24, 2.45) is 11.8 Å². The first-order valence-electron chi connectivity index (χ1n) is 14.0. The maximum Gasteiger partial charge on any atom is 0.439 e. The number of nitrogens with zero attached hydrogens (tertiary/aromatic N) is 7. The summed E-state index contributed by atoms with van der Waals surface area (Å²) >= 11 is 6.37. The number of hydrogen-bond acceptors (Lipinski definition) is 8. The van der Waals surface area contributed by atoms with Crippen LogP contribution in [0.1, 0.15) is 46.5 Å². The van der Waals surface area contributed by atoms with Crippen LogP contribution < -0.4 is 10.7 Å². The van der Waals surface area contributed by atoms with Gasteiger partial charge in [0.1, 0.15) is 5.69 Å². The minimum atomic E-state index is -0.917. The molecule has 1 aliphatic heterocycles. The number of piperazine rings is 1. The van der Waals surface area contributed by atoms with Gasteiger partial charge in [-0.25, -0.2) is 19.6 Å². The molecule has 2 atom stereocenters. The van der Waals surface area contributed by atoms with E-state index in [2.05, 4.69) is 31.5 Å². The molecule has 1 saturated carbocycles. The third-order valence-electron chi connectivity index (χ3n) is 8.36. The molecular weight excluding hydrogens is 548 g/mol. The molecule has 5 heterocycles. The van der Waals surface area contributed by atoms with Crippen molar-refractivity contribution in [2.45, 2.75) is 65.1 Å². The summed E-state index contributed by atoms with van der Waals surface area (Å²) < 4.78 is 7.01. The van der Waals surface area contributed by atoms with Gasteiger partial charge in [-0.05, 0) is 50.7 Å². The lowest BCUT2D eigenvalue weighted by Gasteiger charge is -2.44. The molecule has 0 bridgehead atoms. The van der Waals surface area contributed by atoms with Crippen LogP contribution in [0, 0.1) is 11.8 Å². The summed E-state index contributed by atoms with van der Waals surface area (Å²) in [6.45, 7) is 7.87. The molecule has 216 valence electrons. The first kappa shape index (κ1) is 27.3. The van der Waals surface area contributed by atoms with Crippen molar-refractivity contribution in [1.82, 2.24) is 34.6 Å². The van der Waals surface area contributed by atoms with Crippen LogP contribution in [-0.2, 0) is 6.54 Å². The first-order valence-corrected chi connectivity index (χ1v) is 14.4. The highest BCUT2D eigenvalue weighted by Crippen LogP contribution is 2.38. The van der Waals surface area contributed by atoms with E-state index in [-0.39, 0.29) is 17.9 Å². The Bertz CT molecular complexity index is 1630. The second kappa shape index (κ2) is 10.8. The number of amides is 1. The molecule has 0 aromatic carbocycles. The molecule has 6 rings (SSSR count). The molecule has 1 amide bonds. The number of pyridine rings is 2. The molecular formula is C28H33ClN8O4. The highest BCUT2D eigenvalue weighted by molar-refractivity contribution is 6.30. The monoisotopic (exact) mass is 580 g/mol. The van der Waals surface area contributed by atoms with E-state index in [1.807, 2.05) is 19.9 Å².